The van der Waals surface area contributed by atoms with E-state index in [-0.39, 0.29) is 18.0 Å². The minimum Gasteiger partial charge on any atom is -0.486 e. The van der Waals surface area contributed by atoms with Crippen molar-refractivity contribution in [3.63, 3.8) is 0 Å². The van der Waals surface area contributed by atoms with Gasteiger partial charge in [0.15, 0.2) is 0 Å². The second kappa shape index (κ2) is 4.29. The van der Waals surface area contributed by atoms with Gasteiger partial charge in [-0.2, -0.15) is 0 Å². The molecule has 2 unspecified atom stereocenters. The predicted molar refractivity (Wildman–Crippen MR) is 62.4 cm³/mol. The molecular weight excluding hydrogens is 207 g/mol. The van der Waals surface area contributed by atoms with Gasteiger partial charge in [-0.05, 0) is 32.0 Å². The first kappa shape index (κ1) is 11.2. The summed E-state index contributed by atoms with van der Waals surface area (Å²) in [6, 6.07) is 5.05. The Hall–Kier alpha value is -1.29. The zero-order valence-corrected chi connectivity index (χ0v) is 9.61. The van der Waals surface area contributed by atoms with Gasteiger partial charge in [-0.3, -0.25) is 0 Å². The Morgan fingerprint density at radius 2 is 2.25 bits per heavy atom. The number of nitrogens with two attached hydrogens (primary N) is 1. The molecule has 1 heterocycles. The lowest BCUT2D eigenvalue weighted by Crippen LogP contribution is -2.47. The maximum Gasteiger partial charge on any atom is 0.150 e. The molecule has 1 aliphatic rings. The first-order valence-electron chi connectivity index (χ1n) is 5.53. The monoisotopic (exact) mass is 224 g/mol. The fraction of sp³-hybridized carbons (Fsp3) is 0.500. The van der Waals surface area contributed by atoms with Crippen molar-refractivity contribution in [1.29, 1.82) is 0 Å². The molecule has 1 aliphatic heterocycles. The van der Waals surface area contributed by atoms with E-state index in [0.717, 1.165) is 6.42 Å². The van der Waals surface area contributed by atoms with E-state index in [1.54, 1.807) is 12.1 Å². The molecule has 2 atom stereocenters. The molecule has 0 aromatic heterocycles. The number of likely N-dealkylation sites (N-methyl/N-ethyl adjacent to an activating group) is 1. The molecule has 1 aromatic rings. The van der Waals surface area contributed by atoms with Gasteiger partial charge in [-0.15, -0.1) is 0 Å². The lowest BCUT2D eigenvalue weighted by molar-refractivity contribution is 0.152. The van der Waals surface area contributed by atoms with E-state index in [2.05, 4.69) is 0 Å². The van der Waals surface area contributed by atoms with E-state index >= 15 is 0 Å². The molecular formula is C12H17FN2O. The molecule has 0 bridgehead atoms. The third kappa shape index (κ3) is 1.73. The average molecular weight is 224 g/mol. The summed E-state index contributed by atoms with van der Waals surface area (Å²) in [6.45, 7) is 2.60. The van der Waals surface area contributed by atoms with Gasteiger partial charge >= 0.3 is 0 Å². The largest absolute Gasteiger partial charge is 0.486 e. The third-order valence-corrected chi connectivity index (χ3v) is 3.18. The molecule has 3 nitrogen and oxygen atoms in total. The maximum atomic E-state index is 13.7. The van der Waals surface area contributed by atoms with Gasteiger partial charge in [-0.1, -0.05) is 6.07 Å². The van der Waals surface area contributed by atoms with Crippen molar-refractivity contribution in [1.82, 2.24) is 0 Å². The van der Waals surface area contributed by atoms with Crippen LogP contribution < -0.4 is 15.4 Å². The Morgan fingerprint density at radius 3 is 2.94 bits per heavy atom. The van der Waals surface area contributed by atoms with Gasteiger partial charge in [0.2, 0.25) is 0 Å². The Kier molecular flexibility index (Phi) is 3.01. The van der Waals surface area contributed by atoms with Crippen molar-refractivity contribution in [3.05, 3.63) is 24.0 Å². The molecule has 0 radical (unpaired) electrons. The molecule has 0 fully saturated rings. The van der Waals surface area contributed by atoms with Gasteiger partial charge in [0, 0.05) is 7.05 Å². The SMILES string of the molecule is CC1C(CCN)Oc2cccc(F)c2N1C. The summed E-state index contributed by atoms with van der Waals surface area (Å²) in [7, 11) is 1.89. The number of ether oxygens (including phenoxy) is 1. The van der Waals surface area contributed by atoms with Crippen LogP contribution in [0.5, 0.6) is 5.75 Å². The van der Waals surface area contributed by atoms with E-state index in [0.29, 0.717) is 18.0 Å². The van der Waals surface area contributed by atoms with Gasteiger partial charge in [-0.25, -0.2) is 4.39 Å². The molecule has 0 saturated carbocycles. The molecule has 0 amide bonds. The summed E-state index contributed by atoms with van der Waals surface area (Å²) >= 11 is 0. The lowest BCUT2D eigenvalue weighted by Gasteiger charge is -2.39. The van der Waals surface area contributed by atoms with E-state index in [4.69, 9.17) is 10.5 Å². The van der Waals surface area contributed by atoms with Gasteiger partial charge in [0.1, 0.15) is 23.4 Å². The molecule has 2 N–H and O–H groups in total. The van der Waals surface area contributed by atoms with Crippen LogP contribution in [0.3, 0.4) is 0 Å². The van der Waals surface area contributed by atoms with E-state index in [1.165, 1.54) is 6.07 Å². The van der Waals surface area contributed by atoms with Gasteiger partial charge < -0.3 is 15.4 Å². The zero-order chi connectivity index (χ0) is 11.7. The quantitative estimate of drug-likeness (QED) is 0.832. The zero-order valence-electron chi connectivity index (χ0n) is 9.61. The highest BCUT2D eigenvalue weighted by Gasteiger charge is 2.31. The summed E-state index contributed by atoms with van der Waals surface area (Å²) in [5.74, 6) is 0.372. The topological polar surface area (TPSA) is 38.5 Å². The molecule has 16 heavy (non-hydrogen) atoms. The molecule has 0 aliphatic carbocycles. The van der Waals surface area contributed by atoms with Crippen LogP contribution in [0.1, 0.15) is 13.3 Å². The third-order valence-electron chi connectivity index (χ3n) is 3.18. The summed E-state index contributed by atoms with van der Waals surface area (Å²) < 4.78 is 19.4. The standard InChI is InChI=1S/C12H17FN2O/c1-8-10(6-7-14)16-11-5-3-4-9(13)12(11)15(8)2/h3-5,8,10H,6-7,14H2,1-2H3. The highest BCUT2D eigenvalue weighted by Crippen LogP contribution is 2.37. The first-order chi connectivity index (χ1) is 7.65. The maximum absolute atomic E-state index is 13.7. The van der Waals surface area contributed by atoms with Crippen LogP contribution >= 0.6 is 0 Å². The van der Waals surface area contributed by atoms with Gasteiger partial charge in [0.05, 0.1) is 6.04 Å². The lowest BCUT2D eigenvalue weighted by atomic mass is 10.0. The summed E-state index contributed by atoms with van der Waals surface area (Å²) in [5, 5.41) is 0. The van der Waals surface area contributed by atoms with Crippen molar-refractivity contribution < 1.29 is 9.13 Å². The fourth-order valence-corrected chi connectivity index (χ4v) is 2.11. The molecule has 88 valence electrons. The average Bonchev–Trinajstić information content (AvgIpc) is 2.25. The molecule has 1 aromatic carbocycles. The Balaban J connectivity index is 2.36. The summed E-state index contributed by atoms with van der Waals surface area (Å²) in [5.41, 5.74) is 6.09. The van der Waals surface area contributed by atoms with Crippen LogP contribution in [0.25, 0.3) is 0 Å². The molecule has 4 heteroatoms. The molecule has 0 spiro atoms. The summed E-state index contributed by atoms with van der Waals surface area (Å²) in [4.78, 5) is 1.93. The second-order valence-electron chi connectivity index (χ2n) is 4.17. The van der Waals surface area contributed by atoms with Crippen molar-refractivity contribution in [2.75, 3.05) is 18.5 Å². The number of benzene rings is 1. The first-order valence-corrected chi connectivity index (χ1v) is 5.53. The molecule has 2 rings (SSSR count). The Bertz CT molecular complexity index is 383. The van der Waals surface area contributed by atoms with E-state index in [1.807, 2.05) is 18.9 Å². The Morgan fingerprint density at radius 1 is 1.50 bits per heavy atom. The number of anilines is 1. The minimum absolute atomic E-state index is 0.0318. The van der Waals surface area contributed by atoms with Crippen molar-refractivity contribution in [2.45, 2.75) is 25.5 Å². The summed E-state index contributed by atoms with van der Waals surface area (Å²) in [6.07, 6.45) is 0.811. The van der Waals surface area contributed by atoms with Crippen LogP contribution in [0.15, 0.2) is 18.2 Å². The predicted octanol–water partition coefficient (Wildman–Crippen LogP) is 1.76. The van der Waals surface area contributed by atoms with Crippen LogP contribution in [0.2, 0.25) is 0 Å². The van der Waals surface area contributed by atoms with Crippen LogP contribution in [0, 0.1) is 5.82 Å². The highest BCUT2D eigenvalue weighted by molar-refractivity contribution is 5.61. The number of hydrogen-bond donors (Lipinski definition) is 1. The number of nitrogens with zero attached hydrogens (tertiary/aromatic N) is 1. The number of rotatable bonds is 2. The van der Waals surface area contributed by atoms with E-state index in [9.17, 15) is 4.39 Å². The van der Waals surface area contributed by atoms with Crippen LogP contribution in [-0.4, -0.2) is 25.7 Å². The van der Waals surface area contributed by atoms with Crippen molar-refractivity contribution in [3.8, 4) is 5.75 Å². The van der Waals surface area contributed by atoms with Crippen molar-refractivity contribution >= 4 is 5.69 Å². The number of halogens is 1. The Labute approximate surface area is 95.0 Å². The number of para-hydroxylation sites is 1. The second-order valence-corrected chi connectivity index (χ2v) is 4.17. The van der Waals surface area contributed by atoms with Crippen molar-refractivity contribution in [2.24, 2.45) is 5.73 Å². The van der Waals surface area contributed by atoms with Gasteiger partial charge in [0.25, 0.3) is 0 Å². The highest BCUT2D eigenvalue weighted by atomic mass is 19.1. The fourth-order valence-electron chi connectivity index (χ4n) is 2.11. The number of hydrogen-bond acceptors (Lipinski definition) is 3. The smallest absolute Gasteiger partial charge is 0.150 e. The normalized spacial score (nSPS) is 23.9. The van der Waals surface area contributed by atoms with Crippen LogP contribution in [0.4, 0.5) is 10.1 Å². The van der Waals surface area contributed by atoms with E-state index < -0.39 is 0 Å². The molecule has 0 saturated heterocycles. The van der Waals surface area contributed by atoms with Crippen LogP contribution in [-0.2, 0) is 0 Å². The number of fused-ring (bicyclic) bond motifs is 1. The minimum atomic E-state index is -0.238.